The summed E-state index contributed by atoms with van der Waals surface area (Å²) < 4.78 is 0. The molecular weight excluding hydrogens is 300 g/mol. The number of halogens is 1. The van der Waals surface area contributed by atoms with E-state index in [2.05, 4.69) is 5.32 Å². The molecule has 1 aromatic rings. The van der Waals surface area contributed by atoms with Gasteiger partial charge in [0.15, 0.2) is 0 Å². The Balaban J connectivity index is 1.89. The van der Waals surface area contributed by atoms with Gasteiger partial charge in [-0.05, 0) is 50.8 Å². The van der Waals surface area contributed by atoms with Gasteiger partial charge in [0, 0.05) is 23.5 Å². The fraction of sp³-hybridized carbons (Fsp3) is 0.529. The highest BCUT2D eigenvalue weighted by Gasteiger charge is 2.45. The molecule has 4 nitrogen and oxygen atoms in total. The molecule has 5 heteroatoms. The first-order valence-corrected chi connectivity index (χ1v) is 7.86. The van der Waals surface area contributed by atoms with Gasteiger partial charge in [-0.3, -0.25) is 9.59 Å². The summed E-state index contributed by atoms with van der Waals surface area (Å²) in [4.78, 5) is 25.8. The topological polar surface area (TPSA) is 49.4 Å². The second-order valence-corrected chi connectivity index (χ2v) is 7.43. The smallest absolute Gasteiger partial charge is 0.240 e. The zero-order valence-corrected chi connectivity index (χ0v) is 14.3. The summed E-state index contributed by atoms with van der Waals surface area (Å²) in [5.74, 6) is 0.0718. The maximum absolute atomic E-state index is 12.4. The van der Waals surface area contributed by atoms with E-state index in [4.69, 9.17) is 11.6 Å². The Labute approximate surface area is 136 Å². The molecule has 2 atom stereocenters. The number of nitrogens with zero attached hydrogens (tertiary/aromatic N) is 1. The lowest BCUT2D eigenvalue weighted by molar-refractivity contribution is -0.136. The van der Waals surface area contributed by atoms with Crippen LogP contribution in [0.4, 0.5) is 0 Å². The van der Waals surface area contributed by atoms with Gasteiger partial charge in [0.25, 0.3) is 0 Å². The lowest BCUT2D eigenvalue weighted by Gasteiger charge is -2.23. The van der Waals surface area contributed by atoms with Gasteiger partial charge in [-0.15, -0.1) is 0 Å². The van der Waals surface area contributed by atoms with Gasteiger partial charge in [0.1, 0.15) is 0 Å². The second kappa shape index (κ2) is 6.29. The molecule has 1 N–H and O–H groups in total. The molecule has 2 rings (SSSR count). The van der Waals surface area contributed by atoms with Gasteiger partial charge in [0.05, 0.1) is 6.54 Å². The zero-order chi connectivity index (χ0) is 16.5. The van der Waals surface area contributed by atoms with Crippen molar-refractivity contribution >= 4 is 23.4 Å². The van der Waals surface area contributed by atoms with E-state index in [-0.39, 0.29) is 35.7 Å². The summed E-state index contributed by atoms with van der Waals surface area (Å²) in [5, 5.41) is 3.55. The maximum Gasteiger partial charge on any atom is 0.240 e. The van der Waals surface area contributed by atoms with Gasteiger partial charge in [-0.1, -0.05) is 23.7 Å². The number of hydrogen-bond donors (Lipinski definition) is 1. The van der Waals surface area contributed by atoms with Gasteiger partial charge in [0.2, 0.25) is 11.8 Å². The van der Waals surface area contributed by atoms with Crippen molar-refractivity contribution in [2.45, 2.75) is 38.6 Å². The summed E-state index contributed by atoms with van der Waals surface area (Å²) in [6.07, 6.45) is 0.824. The standard InChI is InChI=1S/C17H23ClN2O2/c1-17(2,3)19-15(21)10-20(4)16(22)14-9-13(14)11-6-5-7-12(18)8-11/h5-8,13-14H,9-10H2,1-4H3,(H,19,21)/t13-,14-/m1/s1. The van der Waals surface area contributed by atoms with Gasteiger partial charge < -0.3 is 10.2 Å². The predicted molar refractivity (Wildman–Crippen MR) is 87.8 cm³/mol. The van der Waals surface area contributed by atoms with E-state index in [0.717, 1.165) is 12.0 Å². The minimum atomic E-state index is -0.288. The molecule has 0 spiro atoms. The van der Waals surface area contributed by atoms with Crippen molar-refractivity contribution in [3.63, 3.8) is 0 Å². The Morgan fingerprint density at radius 3 is 2.64 bits per heavy atom. The molecule has 0 bridgehead atoms. The normalized spacial score (nSPS) is 20.4. The Bertz CT molecular complexity index is 580. The molecule has 0 unspecified atom stereocenters. The molecule has 0 heterocycles. The van der Waals surface area contributed by atoms with Crippen LogP contribution in [0.25, 0.3) is 0 Å². The third-order valence-corrected chi connectivity index (χ3v) is 3.89. The first kappa shape index (κ1) is 16.8. The highest BCUT2D eigenvalue weighted by atomic mass is 35.5. The third-order valence-electron chi connectivity index (χ3n) is 3.66. The van der Waals surface area contributed by atoms with Gasteiger partial charge >= 0.3 is 0 Å². The van der Waals surface area contributed by atoms with E-state index >= 15 is 0 Å². The molecule has 1 aliphatic rings. The van der Waals surface area contributed by atoms with Crippen LogP contribution >= 0.6 is 11.6 Å². The Kier molecular flexibility index (Phi) is 4.81. The number of amides is 2. The predicted octanol–water partition coefficient (Wildman–Crippen LogP) is 2.82. The minimum absolute atomic E-state index is 0.0223. The van der Waals surface area contributed by atoms with Crippen LogP contribution in [0.2, 0.25) is 5.02 Å². The van der Waals surface area contributed by atoms with E-state index in [1.807, 2.05) is 45.0 Å². The van der Waals surface area contributed by atoms with Gasteiger partial charge in [-0.25, -0.2) is 0 Å². The number of carbonyl (C=O) groups is 2. The second-order valence-electron chi connectivity index (χ2n) is 7.00. The monoisotopic (exact) mass is 322 g/mol. The molecule has 1 fully saturated rings. The van der Waals surface area contributed by atoms with Crippen LogP contribution in [-0.4, -0.2) is 35.8 Å². The van der Waals surface area contributed by atoms with Crippen LogP contribution < -0.4 is 5.32 Å². The van der Waals surface area contributed by atoms with Crippen molar-refractivity contribution in [3.8, 4) is 0 Å². The molecule has 2 amide bonds. The largest absolute Gasteiger partial charge is 0.350 e. The lowest BCUT2D eigenvalue weighted by atomic mass is 10.1. The molecule has 0 aromatic heterocycles. The van der Waals surface area contributed by atoms with E-state index in [0.29, 0.717) is 5.02 Å². The third kappa shape index (κ3) is 4.47. The molecule has 1 saturated carbocycles. The van der Waals surface area contributed by atoms with E-state index in [1.54, 1.807) is 7.05 Å². The lowest BCUT2D eigenvalue weighted by Crippen LogP contribution is -2.46. The molecule has 0 radical (unpaired) electrons. The average Bonchev–Trinajstić information content (AvgIpc) is 3.15. The number of likely N-dealkylation sites (N-methyl/N-ethyl adjacent to an activating group) is 1. The number of hydrogen-bond acceptors (Lipinski definition) is 2. The number of benzene rings is 1. The fourth-order valence-electron chi connectivity index (χ4n) is 2.61. The van der Waals surface area contributed by atoms with Crippen molar-refractivity contribution in [2.24, 2.45) is 5.92 Å². The number of rotatable bonds is 4. The van der Waals surface area contributed by atoms with Crippen LogP contribution in [0.5, 0.6) is 0 Å². The highest BCUT2D eigenvalue weighted by molar-refractivity contribution is 6.30. The van der Waals surface area contributed by atoms with E-state index in [9.17, 15) is 9.59 Å². The molecule has 22 heavy (non-hydrogen) atoms. The molecule has 120 valence electrons. The molecule has 1 aromatic carbocycles. The zero-order valence-electron chi connectivity index (χ0n) is 13.5. The maximum atomic E-state index is 12.4. The first-order chi connectivity index (χ1) is 10.2. The fourth-order valence-corrected chi connectivity index (χ4v) is 2.81. The summed E-state index contributed by atoms with van der Waals surface area (Å²) in [5.41, 5.74) is 0.808. The van der Waals surface area contributed by atoms with Crippen LogP contribution in [0, 0.1) is 5.92 Å². The van der Waals surface area contributed by atoms with Gasteiger partial charge in [-0.2, -0.15) is 0 Å². The Morgan fingerprint density at radius 2 is 2.05 bits per heavy atom. The van der Waals surface area contributed by atoms with Crippen molar-refractivity contribution in [1.82, 2.24) is 10.2 Å². The van der Waals surface area contributed by atoms with Crippen LogP contribution in [0.15, 0.2) is 24.3 Å². The number of carbonyl (C=O) groups excluding carboxylic acids is 2. The summed E-state index contributed by atoms with van der Waals surface area (Å²) in [6, 6.07) is 7.63. The minimum Gasteiger partial charge on any atom is -0.350 e. The van der Waals surface area contributed by atoms with Crippen molar-refractivity contribution in [3.05, 3.63) is 34.9 Å². The van der Waals surface area contributed by atoms with Crippen molar-refractivity contribution in [1.29, 1.82) is 0 Å². The van der Waals surface area contributed by atoms with Crippen molar-refractivity contribution in [2.75, 3.05) is 13.6 Å². The highest BCUT2D eigenvalue weighted by Crippen LogP contribution is 2.48. The Morgan fingerprint density at radius 1 is 1.36 bits per heavy atom. The SMILES string of the molecule is CN(CC(=O)NC(C)(C)C)C(=O)[C@@H]1C[C@@H]1c1cccc(Cl)c1. The Hall–Kier alpha value is -1.55. The number of nitrogens with one attached hydrogen (secondary N) is 1. The van der Waals surface area contributed by atoms with Crippen LogP contribution in [-0.2, 0) is 9.59 Å². The van der Waals surface area contributed by atoms with E-state index in [1.165, 1.54) is 4.90 Å². The van der Waals surface area contributed by atoms with Crippen LogP contribution in [0.3, 0.4) is 0 Å². The summed E-state index contributed by atoms with van der Waals surface area (Å²) >= 11 is 5.99. The van der Waals surface area contributed by atoms with Crippen LogP contribution in [0.1, 0.15) is 38.7 Å². The molecule has 0 aliphatic heterocycles. The average molecular weight is 323 g/mol. The molecule has 0 saturated heterocycles. The van der Waals surface area contributed by atoms with E-state index < -0.39 is 0 Å². The summed E-state index contributed by atoms with van der Waals surface area (Å²) in [6.45, 7) is 5.85. The first-order valence-electron chi connectivity index (χ1n) is 7.49. The summed E-state index contributed by atoms with van der Waals surface area (Å²) in [7, 11) is 1.68. The van der Waals surface area contributed by atoms with Crippen molar-refractivity contribution < 1.29 is 9.59 Å². The molecular formula is C17H23ClN2O2. The molecule has 1 aliphatic carbocycles. The quantitative estimate of drug-likeness (QED) is 0.926.